The predicted molar refractivity (Wildman–Crippen MR) is 207 cm³/mol. The van der Waals surface area contributed by atoms with Crippen LogP contribution < -0.4 is 4.72 Å². The average Bonchev–Trinajstić information content (AvgIpc) is 3.42. The van der Waals surface area contributed by atoms with Gasteiger partial charge in [-0.05, 0) is 84.6 Å². The molecule has 1 aromatic heterocycles. The second-order valence-corrected chi connectivity index (χ2v) is 23.6. The molecule has 11 heteroatoms. The van der Waals surface area contributed by atoms with E-state index in [2.05, 4.69) is 67.9 Å². The molecule has 0 unspecified atom stereocenters. The fourth-order valence-electron chi connectivity index (χ4n) is 6.78. The van der Waals surface area contributed by atoms with Crippen molar-refractivity contribution in [2.24, 2.45) is 5.92 Å². The predicted octanol–water partition coefficient (Wildman–Crippen LogP) is 9.30. The van der Waals surface area contributed by atoms with E-state index in [0.717, 1.165) is 26.5 Å². The van der Waals surface area contributed by atoms with Gasteiger partial charge < -0.3 is 4.43 Å². The van der Waals surface area contributed by atoms with Gasteiger partial charge >= 0.3 is 0 Å². The van der Waals surface area contributed by atoms with Crippen LogP contribution >= 0.6 is 15.9 Å². The Hall–Kier alpha value is -2.76. The van der Waals surface area contributed by atoms with E-state index in [9.17, 15) is 16.8 Å². The lowest BCUT2D eigenvalue weighted by Crippen LogP contribution is -2.49. The quantitative estimate of drug-likeness (QED) is 0.0959. The van der Waals surface area contributed by atoms with E-state index < -0.39 is 28.4 Å². The lowest BCUT2D eigenvalue weighted by atomic mass is 10.1. The minimum atomic E-state index is -3.84. The zero-order chi connectivity index (χ0) is 36.1. The first-order valence-corrected chi connectivity index (χ1v) is 22.6. The SMILES string of the molecule is Cc1ccc(S(=O)(=O)NC[C@H](C=C=CCc2cn(S(=O)(=O)c3ccc(C)cc3)c3cccc(Br)c23)CO[Si](C(C)C)(C(C)C)C(C)C)cc1. The van der Waals surface area contributed by atoms with Crippen molar-refractivity contribution in [1.82, 2.24) is 8.69 Å². The minimum Gasteiger partial charge on any atom is -0.415 e. The van der Waals surface area contributed by atoms with Crippen LogP contribution in [0, 0.1) is 19.8 Å². The number of aromatic nitrogens is 1. The highest BCUT2D eigenvalue weighted by molar-refractivity contribution is 9.10. The van der Waals surface area contributed by atoms with Crippen LogP contribution in [0.5, 0.6) is 0 Å². The van der Waals surface area contributed by atoms with Gasteiger partial charge in [-0.25, -0.2) is 25.5 Å². The maximum absolute atomic E-state index is 13.7. The molecule has 0 amide bonds. The van der Waals surface area contributed by atoms with Crippen LogP contribution in [0.4, 0.5) is 0 Å². The van der Waals surface area contributed by atoms with E-state index in [1.807, 2.05) is 38.1 Å². The highest BCUT2D eigenvalue weighted by atomic mass is 79.9. The molecule has 1 heterocycles. The first-order valence-electron chi connectivity index (χ1n) is 16.7. The van der Waals surface area contributed by atoms with Gasteiger partial charge in [0.05, 0.1) is 15.3 Å². The number of nitrogens with zero attached hydrogens (tertiary/aromatic N) is 1. The maximum Gasteiger partial charge on any atom is 0.268 e. The molecule has 49 heavy (non-hydrogen) atoms. The van der Waals surface area contributed by atoms with E-state index >= 15 is 0 Å². The van der Waals surface area contributed by atoms with Crippen LogP contribution in [0.15, 0.2) is 105 Å². The summed E-state index contributed by atoms with van der Waals surface area (Å²) in [5.74, 6) is -0.283. The van der Waals surface area contributed by atoms with Gasteiger partial charge in [-0.3, -0.25) is 0 Å². The molecule has 0 saturated heterocycles. The molecule has 1 N–H and O–H groups in total. The van der Waals surface area contributed by atoms with Crippen molar-refractivity contribution in [2.45, 2.75) is 88.2 Å². The summed E-state index contributed by atoms with van der Waals surface area (Å²) in [6, 6.07) is 19.2. The van der Waals surface area contributed by atoms with Gasteiger partial charge in [0.2, 0.25) is 10.0 Å². The monoisotopic (exact) mass is 784 g/mol. The molecule has 0 fully saturated rings. The van der Waals surface area contributed by atoms with Crippen LogP contribution in [0.2, 0.25) is 16.6 Å². The van der Waals surface area contributed by atoms with Crippen molar-refractivity contribution in [3.63, 3.8) is 0 Å². The molecule has 4 aromatic rings. The van der Waals surface area contributed by atoms with Gasteiger partial charge in [-0.15, -0.1) is 5.73 Å². The van der Waals surface area contributed by atoms with Crippen molar-refractivity contribution in [1.29, 1.82) is 0 Å². The van der Waals surface area contributed by atoms with Crippen LogP contribution in [0.3, 0.4) is 0 Å². The third-order valence-corrected chi connectivity index (χ3v) is 19.2. The largest absolute Gasteiger partial charge is 0.415 e. The van der Waals surface area contributed by atoms with Crippen molar-refractivity contribution in [3.05, 3.63) is 112 Å². The van der Waals surface area contributed by atoms with E-state index in [0.29, 0.717) is 35.2 Å². The van der Waals surface area contributed by atoms with Crippen LogP contribution in [0.1, 0.15) is 58.2 Å². The maximum atomic E-state index is 13.7. The first kappa shape index (κ1) is 39.0. The number of fused-ring (bicyclic) bond motifs is 1. The molecular weight excluding hydrogens is 737 g/mol. The van der Waals surface area contributed by atoms with E-state index in [1.54, 1.807) is 60.8 Å². The van der Waals surface area contributed by atoms with Gasteiger partial charge in [-0.2, -0.15) is 0 Å². The smallest absolute Gasteiger partial charge is 0.268 e. The highest BCUT2D eigenvalue weighted by Gasteiger charge is 2.45. The highest BCUT2D eigenvalue weighted by Crippen LogP contribution is 2.42. The topological polar surface area (TPSA) is 94.5 Å². The van der Waals surface area contributed by atoms with E-state index in [4.69, 9.17) is 4.43 Å². The number of halogens is 1. The molecule has 3 aromatic carbocycles. The van der Waals surface area contributed by atoms with Gasteiger partial charge in [0, 0.05) is 41.5 Å². The van der Waals surface area contributed by atoms with Crippen molar-refractivity contribution in [2.75, 3.05) is 13.2 Å². The van der Waals surface area contributed by atoms with Gasteiger partial charge in [0.25, 0.3) is 10.0 Å². The molecule has 7 nitrogen and oxygen atoms in total. The zero-order valence-corrected chi connectivity index (χ0v) is 33.9. The minimum absolute atomic E-state index is 0.148. The molecule has 4 rings (SSSR count). The summed E-state index contributed by atoms with van der Waals surface area (Å²) in [5.41, 5.74) is 7.79. The third-order valence-electron chi connectivity index (χ3n) is 9.29. The Morgan fingerprint density at radius 2 is 1.39 bits per heavy atom. The summed E-state index contributed by atoms with van der Waals surface area (Å²) in [7, 11) is -9.79. The Balaban J connectivity index is 1.66. The van der Waals surface area contributed by atoms with E-state index in [1.165, 1.54) is 3.97 Å². The number of rotatable bonds is 15. The summed E-state index contributed by atoms with van der Waals surface area (Å²) < 4.78 is 65.7. The van der Waals surface area contributed by atoms with E-state index in [-0.39, 0.29) is 22.3 Å². The molecule has 264 valence electrons. The number of benzene rings is 3. The van der Waals surface area contributed by atoms with Crippen LogP contribution in [0.25, 0.3) is 10.9 Å². The molecule has 0 aliphatic heterocycles. The number of hydrogen-bond donors (Lipinski definition) is 1. The first-order chi connectivity index (χ1) is 23.0. The standard InChI is InChI=1S/C38H49BrN2O5S2Si/c1-27(2)49(28(3)4,29(5)6)46-26-32(24-40-47(42,43)34-20-16-30(7)17-21-34)12-9-10-13-33-25-41(37-15-11-14-36(39)38(33)37)48(44,45)35-22-18-31(8)19-23-35/h10-12,14-23,25,27-29,32,40H,13,24,26H2,1-8H3/t9?,32-/m0/s1. The molecule has 0 saturated carbocycles. The Morgan fingerprint density at radius 1 is 0.837 bits per heavy atom. The Bertz CT molecular complexity index is 2010. The summed E-state index contributed by atoms with van der Waals surface area (Å²) in [4.78, 5) is 0.437. The molecule has 0 spiro atoms. The molecule has 0 aliphatic carbocycles. The fourth-order valence-corrected chi connectivity index (χ4v) is 15.4. The average molecular weight is 786 g/mol. The lowest BCUT2D eigenvalue weighted by Gasteiger charge is -2.42. The number of nitrogens with one attached hydrogen (secondary N) is 1. The Labute approximate surface area is 302 Å². The van der Waals surface area contributed by atoms with Crippen LogP contribution in [-0.4, -0.2) is 42.3 Å². The van der Waals surface area contributed by atoms with Crippen molar-refractivity contribution >= 4 is 55.2 Å². The second kappa shape index (κ2) is 16.1. The van der Waals surface area contributed by atoms with Crippen molar-refractivity contribution < 1.29 is 21.3 Å². The molecule has 0 radical (unpaired) electrons. The third kappa shape index (κ3) is 8.76. The Kier molecular flexibility index (Phi) is 12.8. The van der Waals surface area contributed by atoms with Gasteiger partial charge in [0.15, 0.2) is 8.32 Å². The molecular formula is C38H49BrN2O5S2Si. The summed E-state index contributed by atoms with van der Waals surface area (Å²) >= 11 is 3.63. The molecule has 0 aliphatic rings. The summed E-state index contributed by atoms with van der Waals surface area (Å²) in [5, 5.41) is 0.809. The van der Waals surface area contributed by atoms with Crippen LogP contribution in [-0.2, 0) is 30.9 Å². The number of aryl methyl sites for hydroxylation is 2. The fraction of sp³-hybridized carbons (Fsp3) is 0.395. The molecule has 1 atom stereocenters. The summed E-state index contributed by atoms with van der Waals surface area (Å²) in [6.07, 6.45) is 5.82. The normalized spacial score (nSPS) is 13.3. The Morgan fingerprint density at radius 3 is 1.94 bits per heavy atom. The van der Waals surface area contributed by atoms with Gasteiger partial charge in [-0.1, -0.05) is 98.9 Å². The van der Waals surface area contributed by atoms with Crippen molar-refractivity contribution in [3.8, 4) is 0 Å². The zero-order valence-electron chi connectivity index (χ0n) is 29.7. The number of hydrogen-bond acceptors (Lipinski definition) is 5. The molecule has 0 bridgehead atoms. The van der Waals surface area contributed by atoms with Gasteiger partial charge in [0.1, 0.15) is 0 Å². The summed E-state index contributed by atoms with van der Waals surface area (Å²) in [6.45, 7) is 17.7. The lowest BCUT2D eigenvalue weighted by molar-refractivity contribution is 0.243. The number of sulfonamides is 1. The second-order valence-electron chi connectivity index (χ2n) is 13.7.